The van der Waals surface area contributed by atoms with Crippen LogP contribution >= 0.6 is 11.3 Å². The van der Waals surface area contributed by atoms with Gasteiger partial charge in [0.25, 0.3) is 5.91 Å². The molecule has 1 aliphatic carbocycles. The van der Waals surface area contributed by atoms with Crippen LogP contribution in [0.2, 0.25) is 0 Å². The molecule has 134 valence electrons. The molecule has 0 spiro atoms. The van der Waals surface area contributed by atoms with Gasteiger partial charge in [-0.05, 0) is 12.8 Å². The van der Waals surface area contributed by atoms with Crippen molar-refractivity contribution in [3.63, 3.8) is 0 Å². The number of hydrogen-bond donors (Lipinski definition) is 1. The van der Waals surface area contributed by atoms with Crippen molar-refractivity contribution in [2.24, 2.45) is 0 Å². The summed E-state index contributed by atoms with van der Waals surface area (Å²) in [5.74, 6) is 0.897. The molecule has 4 rings (SSSR count). The van der Waals surface area contributed by atoms with E-state index < -0.39 is 5.54 Å². The fraction of sp³-hybridized carbons (Fsp3) is 0.368. The zero-order valence-corrected chi connectivity index (χ0v) is 15.4. The summed E-state index contributed by atoms with van der Waals surface area (Å²) in [5.41, 5.74) is 0.876. The molecule has 0 aliphatic heterocycles. The summed E-state index contributed by atoms with van der Waals surface area (Å²) < 4.78 is 5.17. The Hall–Kier alpha value is -2.54. The molecule has 1 N–H and O–H groups in total. The molecule has 2 heterocycles. The third kappa shape index (κ3) is 3.26. The molecule has 1 saturated carbocycles. The van der Waals surface area contributed by atoms with Gasteiger partial charge in [0.2, 0.25) is 5.89 Å². The molecule has 1 aromatic carbocycles. The number of aromatic nitrogens is 3. The van der Waals surface area contributed by atoms with Crippen LogP contribution in [0.3, 0.4) is 0 Å². The summed E-state index contributed by atoms with van der Waals surface area (Å²) >= 11 is 1.47. The maximum absolute atomic E-state index is 12.9. The minimum Gasteiger partial charge on any atom is -0.340 e. The summed E-state index contributed by atoms with van der Waals surface area (Å²) in [6.07, 6.45) is 4.84. The first-order chi connectivity index (χ1) is 12.7. The maximum Gasteiger partial charge on any atom is 0.271 e. The van der Waals surface area contributed by atoms with Gasteiger partial charge in [0.1, 0.15) is 16.2 Å². The highest BCUT2D eigenvalue weighted by atomic mass is 32.1. The third-order valence-corrected chi connectivity index (χ3v) is 5.66. The van der Waals surface area contributed by atoms with Crippen molar-refractivity contribution in [1.82, 2.24) is 20.4 Å². The van der Waals surface area contributed by atoms with Gasteiger partial charge < -0.3 is 9.84 Å². The predicted molar refractivity (Wildman–Crippen MR) is 98.8 cm³/mol. The minimum absolute atomic E-state index is 0.187. The fourth-order valence-electron chi connectivity index (χ4n) is 3.43. The highest BCUT2D eigenvalue weighted by molar-refractivity contribution is 7.13. The first kappa shape index (κ1) is 16.9. The van der Waals surface area contributed by atoms with Crippen LogP contribution in [0.25, 0.3) is 10.6 Å². The van der Waals surface area contributed by atoms with Crippen molar-refractivity contribution < 1.29 is 9.32 Å². The quantitative estimate of drug-likeness (QED) is 0.750. The molecule has 1 aliphatic rings. The van der Waals surface area contributed by atoms with E-state index in [1.165, 1.54) is 11.3 Å². The van der Waals surface area contributed by atoms with Crippen LogP contribution in [0.15, 0.2) is 40.2 Å². The van der Waals surface area contributed by atoms with Gasteiger partial charge in [0.15, 0.2) is 5.82 Å². The molecule has 0 bridgehead atoms. The molecule has 0 unspecified atom stereocenters. The van der Waals surface area contributed by atoms with Gasteiger partial charge in [-0.25, -0.2) is 4.98 Å². The molecule has 0 saturated heterocycles. The molecule has 1 amide bonds. The van der Waals surface area contributed by atoms with Crippen LogP contribution in [0, 0.1) is 6.92 Å². The lowest BCUT2D eigenvalue weighted by Crippen LogP contribution is -2.48. The van der Waals surface area contributed by atoms with E-state index in [1.54, 1.807) is 12.3 Å². The van der Waals surface area contributed by atoms with Crippen molar-refractivity contribution in [1.29, 1.82) is 0 Å². The normalized spacial score (nSPS) is 16.3. The molecular formula is C19H20N4O2S. The minimum atomic E-state index is -0.566. The Morgan fingerprint density at radius 1 is 1.15 bits per heavy atom. The second kappa shape index (κ2) is 6.99. The Morgan fingerprint density at radius 2 is 1.92 bits per heavy atom. The average molecular weight is 368 g/mol. The summed E-state index contributed by atoms with van der Waals surface area (Å²) in [6, 6.07) is 9.87. The first-order valence-electron chi connectivity index (χ1n) is 8.81. The number of thiazole rings is 1. The molecule has 1 fully saturated rings. The van der Waals surface area contributed by atoms with Crippen molar-refractivity contribution >= 4 is 17.2 Å². The van der Waals surface area contributed by atoms with Gasteiger partial charge in [0, 0.05) is 17.9 Å². The van der Waals surface area contributed by atoms with Gasteiger partial charge in [-0.2, -0.15) is 4.98 Å². The van der Waals surface area contributed by atoms with Crippen LogP contribution in [0.1, 0.15) is 54.3 Å². The number of hydrogen-bond acceptors (Lipinski definition) is 6. The monoisotopic (exact) mass is 368 g/mol. The van der Waals surface area contributed by atoms with Gasteiger partial charge >= 0.3 is 0 Å². The summed E-state index contributed by atoms with van der Waals surface area (Å²) in [6.45, 7) is 1.77. The second-order valence-electron chi connectivity index (χ2n) is 6.64. The van der Waals surface area contributed by atoms with Gasteiger partial charge in [-0.3, -0.25) is 4.79 Å². The zero-order chi connectivity index (χ0) is 18.0. The van der Waals surface area contributed by atoms with E-state index in [9.17, 15) is 4.79 Å². The van der Waals surface area contributed by atoms with Crippen molar-refractivity contribution in [3.05, 3.63) is 53.1 Å². The van der Waals surface area contributed by atoms with Crippen molar-refractivity contribution in [2.75, 3.05) is 0 Å². The largest absolute Gasteiger partial charge is 0.340 e. The molecule has 6 nitrogen and oxygen atoms in total. The number of nitrogens with one attached hydrogen (secondary N) is 1. The SMILES string of the molecule is Cc1nc(C2(NC(=O)c3csc(-c4ccccc4)n3)CCCCC2)no1. The van der Waals surface area contributed by atoms with Gasteiger partial charge in [-0.15, -0.1) is 11.3 Å². The fourth-order valence-corrected chi connectivity index (χ4v) is 4.23. The Kier molecular flexibility index (Phi) is 4.55. The number of carbonyl (C=O) groups excluding carboxylic acids is 1. The molecule has 0 atom stereocenters. The summed E-state index contributed by atoms with van der Waals surface area (Å²) in [7, 11) is 0. The van der Waals surface area contributed by atoms with E-state index in [2.05, 4.69) is 20.4 Å². The number of amides is 1. The predicted octanol–water partition coefficient (Wildman–Crippen LogP) is 4.09. The number of nitrogens with zero attached hydrogens (tertiary/aromatic N) is 3. The van der Waals surface area contributed by atoms with Crippen LogP contribution in [0.4, 0.5) is 0 Å². The molecule has 3 aromatic rings. The van der Waals surface area contributed by atoms with E-state index >= 15 is 0 Å². The number of aryl methyl sites for hydroxylation is 1. The number of rotatable bonds is 4. The topological polar surface area (TPSA) is 80.9 Å². The van der Waals surface area contributed by atoms with E-state index in [-0.39, 0.29) is 5.91 Å². The summed E-state index contributed by atoms with van der Waals surface area (Å²) in [4.78, 5) is 21.8. The Morgan fingerprint density at radius 3 is 2.62 bits per heavy atom. The first-order valence-corrected chi connectivity index (χ1v) is 9.68. The standard InChI is InChI=1S/C19H20N4O2S/c1-13-20-18(23-25-13)19(10-6-3-7-11-19)22-16(24)15-12-26-17(21-15)14-8-4-2-5-9-14/h2,4-5,8-9,12H,3,6-7,10-11H2,1H3,(H,22,24). The van der Waals surface area contributed by atoms with Crippen LogP contribution in [0.5, 0.6) is 0 Å². The molecular weight excluding hydrogens is 348 g/mol. The molecule has 2 aromatic heterocycles. The lowest BCUT2D eigenvalue weighted by atomic mass is 9.81. The smallest absolute Gasteiger partial charge is 0.271 e. The molecule has 7 heteroatoms. The molecule has 26 heavy (non-hydrogen) atoms. The van der Waals surface area contributed by atoms with E-state index in [1.807, 2.05) is 30.3 Å². The Labute approximate surface area is 155 Å². The average Bonchev–Trinajstić information content (AvgIpc) is 3.33. The third-order valence-electron chi connectivity index (χ3n) is 4.77. The Balaban J connectivity index is 1.58. The van der Waals surface area contributed by atoms with Crippen LogP contribution in [-0.4, -0.2) is 21.0 Å². The number of benzene rings is 1. The zero-order valence-electron chi connectivity index (χ0n) is 14.6. The van der Waals surface area contributed by atoms with Crippen molar-refractivity contribution in [2.45, 2.75) is 44.6 Å². The van der Waals surface area contributed by atoms with Gasteiger partial charge in [0.05, 0.1) is 0 Å². The Bertz CT molecular complexity index is 897. The van der Waals surface area contributed by atoms with E-state index in [0.717, 1.165) is 42.7 Å². The van der Waals surface area contributed by atoms with Crippen molar-refractivity contribution in [3.8, 4) is 10.6 Å². The molecule has 0 radical (unpaired) electrons. The summed E-state index contributed by atoms with van der Waals surface area (Å²) in [5, 5.41) is 9.89. The van der Waals surface area contributed by atoms with Crippen LogP contribution < -0.4 is 5.32 Å². The van der Waals surface area contributed by atoms with Gasteiger partial charge in [-0.1, -0.05) is 54.8 Å². The lowest BCUT2D eigenvalue weighted by molar-refractivity contribution is 0.0851. The number of carbonyl (C=O) groups is 1. The van der Waals surface area contributed by atoms with E-state index in [0.29, 0.717) is 17.4 Å². The lowest BCUT2D eigenvalue weighted by Gasteiger charge is -2.35. The van der Waals surface area contributed by atoms with Crippen LogP contribution in [-0.2, 0) is 5.54 Å². The van der Waals surface area contributed by atoms with E-state index in [4.69, 9.17) is 4.52 Å². The highest BCUT2D eigenvalue weighted by Gasteiger charge is 2.40. The maximum atomic E-state index is 12.9. The highest BCUT2D eigenvalue weighted by Crippen LogP contribution is 2.36. The second-order valence-corrected chi connectivity index (χ2v) is 7.50.